The summed E-state index contributed by atoms with van der Waals surface area (Å²) < 4.78 is 58.7. The Hall–Kier alpha value is -3.34. The van der Waals surface area contributed by atoms with Gasteiger partial charge in [-0.2, -0.15) is 13.2 Å². The first-order valence-corrected chi connectivity index (χ1v) is 15.0. The fraction of sp³-hybridized carbons (Fsp3) is 0.375. The van der Waals surface area contributed by atoms with Crippen molar-refractivity contribution in [2.24, 2.45) is 0 Å². The van der Waals surface area contributed by atoms with E-state index in [-0.39, 0.29) is 12.5 Å². The van der Waals surface area contributed by atoms with E-state index < -0.39 is 35.2 Å². The molecule has 1 unspecified atom stereocenters. The summed E-state index contributed by atoms with van der Waals surface area (Å²) in [5, 5.41) is 3.33. The van der Waals surface area contributed by atoms with E-state index in [2.05, 4.69) is 10.2 Å². The van der Waals surface area contributed by atoms with Crippen LogP contribution in [0.15, 0.2) is 60.7 Å². The van der Waals surface area contributed by atoms with Gasteiger partial charge in [0, 0.05) is 45.1 Å². The largest absolute Gasteiger partial charge is 0.438 e. The molecule has 2 heterocycles. The van der Waals surface area contributed by atoms with Crippen LogP contribution in [0.2, 0.25) is 10.0 Å². The second kappa shape index (κ2) is 12.9. The number of likely N-dealkylation sites (N-methyl/N-ethyl adjacent to an activating group) is 1. The summed E-state index contributed by atoms with van der Waals surface area (Å²) in [5.74, 6) is -1.15. The number of nitrogens with one attached hydrogen (secondary N) is 1. The molecule has 1 saturated heterocycles. The maximum Gasteiger partial charge on any atom is 0.416 e. The smallest absolute Gasteiger partial charge is 0.416 e. The molecule has 2 amide bonds. The van der Waals surface area contributed by atoms with Crippen LogP contribution in [0.5, 0.6) is 0 Å². The number of carbonyl (C=O) groups is 2. The van der Waals surface area contributed by atoms with Gasteiger partial charge in [-0.1, -0.05) is 41.4 Å². The molecule has 6 nitrogen and oxygen atoms in total. The standard InChI is InChI=1S/C32H31Cl2F4N3O3/c1-40(19-20-4-7-22(8-5-20)32(36,37)38)29(42)24(21-6-10-26(33)27(34)17-21)3-2-14-41-15-12-31(13-16-41)25-18-23(35)9-11-28(25)39-30(43)44-31/h4-11,17-18,24H,2-3,12-16,19H2,1H3,(H,39,43). The first-order valence-electron chi connectivity index (χ1n) is 14.2. The van der Waals surface area contributed by atoms with Crippen molar-refractivity contribution in [3.63, 3.8) is 0 Å². The maximum atomic E-state index is 14.1. The monoisotopic (exact) mass is 651 g/mol. The minimum absolute atomic E-state index is 0.138. The molecule has 0 radical (unpaired) electrons. The Morgan fingerprint density at radius 2 is 1.75 bits per heavy atom. The van der Waals surface area contributed by atoms with E-state index in [1.807, 2.05) is 0 Å². The van der Waals surface area contributed by atoms with Crippen LogP contribution in [0.3, 0.4) is 0 Å². The topological polar surface area (TPSA) is 61.9 Å². The molecule has 0 aliphatic carbocycles. The van der Waals surface area contributed by atoms with Crippen LogP contribution in [0.1, 0.15) is 53.9 Å². The van der Waals surface area contributed by atoms with E-state index in [0.29, 0.717) is 77.7 Å². The summed E-state index contributed by atoms with van der Waals surface area (Å²) >= 11 is 12.4. The molecule has 3 aromatic rings. The van der Waals surface area contributed by atoms with Gasteiger partial charge in [0.2, 0.25) is 5.91 Å². The fourth-order valence-corrected chi connectivity index (χ4v) is 6.28. The first-order chi connectivity index (χ1) is 20.8. The van der Waals surface area contributed by atoms with Crippen molar-refractivity contribution in [1.29, 1.82) is 0 Å². The Bertz CT molecular complexity index is 1530. The summed E-state index contributed by atoms with van der Waals surface area (Å²) in [5.41, 5.74) is 0.820. The predicted molar refractivity (Wildman–Crippen MR) is 160 cm³/mol. The lowest BCUT2D eigenvalue weighted by molar-refractivity contribution is -0.137. The molecule has 2 aliphatic heterocycles. The highest BCUT2D eigenvalue weighted by Gasteiger charge is 2.44. The van der Waals surface area contributed by atoms with Crippen molar-refractivity contribution < 1.29 is 31.9 Å². The molecular weight excluding hydrogens is 621 g/mol. The number of ether oxygens (including phenoxy) is 1. The molecule has 1 atom stereocenters. The van der Waals surface area contributed by atoms with Crippen LogP contribution < -0.4 is 5.32 Å². The van der Waals surface area contributed by atoms with E-state index in [1.165, 1.54) is 29.2 Å². The summed E-state index contributed by atoms with van der Waals surface area (Å²) in [6.45, 7) is 2.04. The molecule has 0 aromatic heterocycles. The van der Waals surface area contributed by atoms with Crippen LogP contribution in [-0.4, -0.2) is 48.5 Å². The number of hydrogen-bond donors (Lipinski definition) is 1. The zero-order valence-electron chi connectivity index (χ0n) is 23.9. The van der Waals surface area contributed by atoms with Crippen molar-refractivity contribution in [2.45, 2.75) is 49.9 Å². The molecule has 12 heteroatoms. The van der Waals surface area contributed by atoms with Gasteiger partial charge in [0.15, 0.2) is 0 Å². The first kappa shape index (κ1) is 32.1. The Morgan fingerprint density at radius 1 is 1.05 bits per heavy atom. The van der Waals surface area contributed by atoms with Gasteiger partial charge in [0.25, 0.3) is 0 Å². The van der Waals surface area contributed by atoms with Gasteiger partial charge in [-0.05, 0) is 73.0 Å². The molecule has 1 fully saturated rings. The molecule has 44 heavy (non-hydrogen) atoms. The highest BCUT2D eigenvalue weighted by Crippen LogP contribution is 2.44. The average Bonchev–Trinajstić information content (AvgIpc) is 2.98. The number of carbonyl (C=O) groups excluding carboxylic acids is 2. The maximum absolute atomic E-state index is 14.1. The van der Waals surface area contributed by atoms with Gasteiger partial charge < -0.3 is 14.5 Å². The van der Waals surface area contributed by atoms with E-state index in [1.54, 1.807) is 31.3 Å². The van der Waals surface area contributed by atoms with Gasteiger partial charge in [-0.15, -0.1) is 0 Å². The normalized spacial score (nSPS) is 17.0. The minimum Gasteiger partial charge on any atom is -0.438 e. The number of hydrogen-bond acceptors (Lipinski definition) is 4. The van der Waals surface area contributed by atoms with Crippen LogP contribution in [0.4, 0.5) is 28.0 Å². The average molecular weight is 653 g/mol. The lowest BCUT2D eigenvalue weighted by atomic mass is 9.82. The Kier molecular flexibility index (Phi) is 9.44. The fourth-order valence-electron chi connectivity index (χ4n) is 5.98. The van der Waals surface area contributed by atoms with Crippen LogP contribution >= 0.6 is 23.2 Å². The van der Waals surface area contributed by atoms with Gasteiger partial charge in [0.05, 0.1) is 27.2 Å². The van der Waals surface area contributed by atoms with Gasteiger partial charge in [0.1, 0.15) is 11.4 Å². The van der Waals surface area contributed by atoms with Crippen molar-refractivity contribution >= 4 is 40.9 Å². The number of alkyl halides is 3. The van der Waals surface area contributed by atoms with Gasteiger partial charge in [-0.25, -0.2) is 9.18 Å². The minimum atomic E-state index is -4.44. The number of fused-ring (bicyclic) bond motifs is 2. The number of piperidine rings is 1. The van der Waals surface area contributed by atoms with Crippen LogP contribution in [0, 0.1) is 5.82 Å². The number of amides is 2. The third-order valence-corrected chi connectivity index (χ3v) is 9.09. The molecule has 0 saturated carbocycles. The zero-order valence-corrected chi connectivity index (χ0v) is 25.4. The van der Waals surface area contributed by atoms with Crippen molar-refractivity contribution in [2.75, 3.05) is 32.0 Å². The number of likely N-dealkylation sites (tertiary alicyclic amines) is 1. The Balaban J connectivity index is 1.23. The molecule has 0 bridgehead atoms. The summed E-state index contributed by atoms with van der Waals surface area (Å²) in [4.78, 5) is 29.7. The number of anilines is 1. The number of benzene rings is 3. The quantitative estimate of drug-likeness (QED) is 0.249. The van der Waals surface area contributed by atoms with Crippen LogP contribution in [0.25, 0.3) is 0 Å². The molecule has 3 aromatic carbocycles. The summed E-state index contributed by atoms with van der Waals surface area (Å²) in [7, 11) is 1.62. The second-order valence-electron chi connectivity index (χ2n) is 11.3. The molecule has 2 aliphatic rings. The zero-order chi connectivity index (χ0) is 31.6. The molecule has 234 valence electrons. The molecule has 1 N–H and O–H groups in total. The molecule has 5 rings (SSSR count). The van der Waals surface area contributed by atoms with E-state index >= 15 is 0 Å². The summed E-state index contributed by atoms with van der Waals surface area (Å²) in [6.07, 6.45) is -2.84. The summed E-state index contributed by atoms with van der Waals surface area (Å²) in [6, 6.07) is 14.1. The van der Waals surface area contributed by atoms with Gasteiger partial charge >= 0.3 is 12.3 Å². The Morgan fingerprint density at radius 3 is 2.41 bits per heavy atom. The number of nitrogens with zero attached hydrogens (tertiary/aromatic N) is 2. The SMILES string of the molecule is CN(Cc1ccc(C(F)(F)F)cc1)C(=O)C(CCCN1CCC2(CC1)OC(=O)Nc1ccc(F)cc12)c1ccc(Cl)c(Cl)c1. The second-order valence-corrected chi connectivity index (χ2v) is 12.1. The molecular formula is C32H31Cl2F4N3O3. The Labute approximate surface area is 262 Å². The third kappa shape index (κ3) is 7.14. The number of halogens is 6. The highest BCUT2D eigenvalue weighted by molar-refractivity contribution is 6.42. The van der Waals surface area contributed by atoms with Crippen molar-refractivity contribution in [3.05, 3.63) is 98.8 Å². The van der Waals surface area contributed by atoms with Crippen molar-refractivity contribution in [3.8, 4) is 0 Å². The third-order valence-electron chi connectivity index (χ3n) is 8.35. The van der Waals surface area contributed by atoms with E-state index in [9.17, 15) is 27.2 Å². The number of rotatable bonds is 8. The van der Waals surface area contributed by atoms with E-state index in [0.717, 1.165) is 12.1 Å². The van der Waals surface area contributed by atoms with Gasteiger partial charge in [-0.3, -0.25) is 10.1 Å². The van der Waals surface area contributed by atoms with Crippen molar-refractivity contribution in [1.82, 2.24) is 9.80 Å². The lowest BCUT2D eigenvalue weighted by Crippen LogP contribution is -2.48. The highest BCUT2D eigenvalue weighted by atomic mass is 35.5. The van der Waals surface area contributed by atoms with E-state index in [4.69, 9.17) is 27.9 Å². The lowest BCUT2D eigenvalue weighted by Gasteiger charge is -2.44. The van der Waals surface area contributed by atoms with Crippen LogP contribution in [-0.2, 0) is 27.9 Å². The molecule has 1 spiro atoms. The predicted octanol–water partition coefficient (Wildman–Crippen LogP) is 8.23.